The lowest BCUT2D eigenvalue weighted by atomic mass is 9.83. The lowest BCUT2D eigenvalue weighted by Gasteiger charge is -2.43. The van der Waals surface area contributed by atoms with Gasteiger partial charge in [0.15, 0.2) is 5.75 Å². The molecule has 6 rings (SSSR count). The first-order valence-electron chi connectivity index (χ1n) is 13.2. The van der Waals surface area contributed by atoms with Crippen molar-refractivity contribution in [2.75, 3.05) is 32.8 Å². The maximum Gasteiger partial charge on any atom is 0.250 e. The number of morpholine rings is 1. The molecule has 0 amide bonds. The summed E-state index contributed by atoms with van der Waals surface area (Å²) >= 11 is 0. The molecule has 194 valence electrons. The van der Waals surface area contributed by atoms with E-state index in [2.05, 4.69) is 28.0 Å². The Morgan fingerprint density at radius 3 is 2.62 bits per heavy atom. The number of nitrogens with zero attached hydrogens (tertiary/aromatic N) is 4. The Balaban J connectivity index is 1.21. The van der Waals surface area contributed by atoms with Gasteiger partial charge in [-0.1, -0.05) is 36.4 Å². The number of piperidine rings is 1. The quantitative estimate of drug-likeness (QED) is 0.578. The first-order chi connectivity index (χ1) is 18.0. The predicted molar refractivity (Wildman–Crippen MR) is 141 cm³/mol. The van der Waals surface area contributed by atoms with E-state index in [0.29, 0.717) is 43.8 Å². The standard InChI is InChI=1S/C29H34N4O4/c1-30-23(17-32-14-20-12-22(16-32)24-8-5-9-28(35)33(24)15-20)13-26(34)29(36)25(30)18-31-10-11-37-27(19-31)21-6-3-2-4-7-21/h2-9,13,20,22,27,36H,10-12,14-19H2,1H3/t20-,22+,27-/m1/s1. The maximum atomic E-state index is 12.8. The Bertz CT molecular complexity index is 1400. The fourth-order valence-electron chi connectivity index (χ4n) is 6.40. The van der Waals surface area contributed by atoms with E-state index in [0.717, 1.165) is 49.6 Å². The summed E-state index contributed by atoms with van der Waals surface area (Å²) < 4.78 is 9.94. The minimum atomic E-state index is -0.329. The smallest absolute Gasteiger partial charge is 0.250 e. The number of rotatable bonds is 5. The van der Waals surface area contributed by atoms with Gasteiger partial charge in [-0.3, -0.25) is 19.4 Å². The molecule has 5 heterocycles. The molecule has 0 saturated carbocycles. The highest BCUT2D eigenvalue weighted by Gasteiger charge is 2.35. The van der Waals surface area contributed by atoms with Crippen LogP contribution in [0, 0.1) is 5.92 Å². The summed E-state index contributed by atoms with van der Waals surface area (Å²) in [6, 6.07) is 17.3. The van der Waals surface area contributed by atoms with Gasteiger partial charge in [-0.05, 0) is 24.0 Å². The molecule has 3 aliphatic rings. The third-order valence-corrected chi connectivity index (χ3v) is 8.28. The molecule has 8 nitrogen and oxygen atoms in total. The minimum absolute atomic E-state index is 0.0274. The number of benzene rings is 1. The lowest BCUT2D eigenvalue weighted by Crippen LogP contribution is -2.47. The van der Waals surface area contributed by atoms with Crippen LogP contribution in [0.3, 0.4) is 0 Å². The zero-order valence-electron chi connectivity index (χ0n) is 21.3. The maximum absolute atomic E-state index is 12.8. The van der Waals surface area contributed by atoms with Crippen molar-refractivity contribution in [3.8, 4) is 5.75 Å². The highest BCUT2D eigenvalue weighted by atomic mass is 16.5. The summed E-state index contributed by atoms with van der Waals surface area (Å²) in [5.41, 5.74) is 3.56. The van der Waals surface area contributed by atoms with Crippen LogP contribution >= 0.6 is 0 Å². The summed E-state index contributed by atoms with van der Waals surface area (Å²) in [6.07, 6.45) is 1.07. The highest BCUT2D eigenvalue weighted by Crippen LogP contribution is 2.35. The molecular weight excluding hydrogens is 468 g/mol. The van der Waals surface area contributed by atoms with E-state index in [-0.39, 0.29) is 22.8 Å². The Labute approximate surface area is 216 Å². The van der Waals surface area contributed by atoms with Crippen LogP contribution in [-0.2, 0) is 31.4 Å². The van der Waals surface area contributed by atoms with Crippen molar-refractivity contribution >= 4 is 0 Å². The van der Waals surface area contributed by atoms with Crippen LogP contribution in [0.2, 0.25) is 0 Å². The van der Waals surface area contributed by atoms with Gasteiger partial charge < -0.3 is 19.0 Å². The van der Waals surface area contributed by atoms with Gasteiger partial charge >= 0.3 is 0 Å². The van der Waals surface area contributed by atoms with Gasteiger partial charge in [0, 0.05) is 82.3 Å². The van der Waals surface area contributed by atoms with Crippen LogP contribution in [0.5, 0.6) is 5.75 Å². The normalized spacial score (nSPS) is 24.1. The zero-order chi connectivity index (χ0) is 25.5. The highest BCUT2D eigenvalue weighted by molar-refractivity contribution is 5.30. The second-order valence-corrected chi connectivity index (χ2v) is 10.8. The van der Waals surface area contributed by atoms with Crippen molar-refractivity contribution in [3.05, 3.63) is 97.8 Å². The summed E-state index contributed by atoms with van der Waals surface area (Å²) in [7, 11) is 1.94. The number of hydrogen-bond acceptors (Lipinski definition) is 6. The molecule has 3 aliphatic heterocycles. The zero-order valence-corrected chi connectivity index (χ0v) is 21.3. The second-order valence-electron chi connectivity index (χ2n) is 10.8. The molecule has 0 unspecified atom stereocenters. The van der Waals surface area contributed by atoms with Crippen molar-refractivity contribution in [2.45, 2.75) is 38.1 Å². The van der Waals surface area contributed by atoms with Gasteiger partial charge in [-0.15, -0.1) is 0 Å². The molecule has 0 spiro atoms. The molecular formula is C29H34N4O4. The van der Waals surface area contributed by atoms with Crippen LogP contribution in [0.4, 0.5) is 0 Å². The second kappa shape index (κ2) is 9.93. The molecule has 1 N–H and O–H groups in total. The summed E-state index contributed by atoms with van der Waals surface area (Å²) in [5.74, 6) is 0.569. The fourth-order valence-corrected chi connectivity index (χ4v) is 6.40. The average molecular weight is 503 g/mol. The Kier molecular flexibility index (Phi) is 6.48. The summed E-state index contributed by atoms with van der Waals surface area (Å²) in [4.78, 5) is 29.8. The van der Waals surface area contributed by atoms with Gasteiger partial charge in [-0.2, -0.15) is 0 Å². The van der Waals surface area contributed by atoms with E-state index in [1.165, 1.54) is 0 Å². The first kappa shape index (κ1) is 24.2. The van der Waals surface area contributed by atoms with Crippen molar-refractivity contribution in [1.82, 2.24) is 18.9 Å². The molecule has 3 atom stereocenters. The van der Waals surface area contributed by atoms with Gasteiger partial charge in [0.2, 0.25) is 5.43 Å². The summed E-state index contributed by atoms with van der Waals surface area (Å²) in [6.45, 7) is 5.68. The third kappa shape index (κ3) is 4.77. The van der Waals surface area contributed by atoms with Crippen LogP contribution in [0.15, 0.2) is 64.2 Å². The number of hydrogen-bond donors (Lipinski definition) is 1. The molecule has 0 radical (unpaired) electrons. The SMILES string of the molecule is Cn1c(CN2C[C@H]3C[C@@H](C2)c2cccc(=O)n2C3)cc(=O)c(O)c1CN1CCO[C@@H](c2ccccc2)C1. The number of pyridine rings is 2. The predicted octanol–water partition coefficient (Wildman–Crippen LogP) is 2.45. The Morgan fingerprint density at radius 1 is 0.946 bits per heavy atom. The summed E-state index contributed by atoms with van der Waals surface area (Å²) in [5, 5.41) is 10.8. The van der Waals surface area contributed by atoms with Crippen molar-refractivity contribution in [2.24, 2.45) is 13.0 Å². The number of aromatic nitrogens is 2. The molecule has 2 saturated heterocycles. The van der Waals surface area contributed by atoms with E-state index in [1.807, 2.05) is 40.4 Å². The Hall–Kier alpha value is -3.20. The van der Waals surface area contributed by atoms with Gasteiger partial charge in [-0.25, -0.2) is 0 Å². The third-order valence-electron chi connectivity index (χ3n) is 8.28. The molecule has 8 heteroatoms. The number of likely N-dealkylation sites (tertiary alicyclic amines) is 1. The molecule has 37 heavy (non-hydrogen) atoms. The van der Waals surface area contributed by atoms with Crippen LogP contribution in [0.1, 0.15) is 41.1 Å². The lowest BCUT2D eigenvalue weighted by molar-refractivity contribution is -0.0338. The van der Waals surface area contributed by atoms with Crippen LogP contribution in [-0.4, -0.2) is 56.8 Å². The van der Waals surface area contributed by atoms with E-state index < -0.39 is 0 Å². The Morgan fingerprint density at radius 2 is 1.78 bits per heavy atom. The van der Waals surface area contributed by atoms with Gasteiger partial charge in [0.1, 0.15) is 0 Å². The molecule has 1 aromatic carbocycles. The van der Waals surface area contributed by atoms with Crippen LogP contribution in [0.25, 0.3) is 0 Å². The monoisotopic (exact) mass is 502 g/mol. The number of fused-ring (bicyclic) bond motifs is 4. The first-order valence-corrected chi connectivity index (χ1v) is 13.2. The fraction of sp³-hybridized carbons (Fsp3) is 0.448. The number of ether oxygens (including phenoxy) is 1. The van der Waals surface area contributed by atoms with E-state index in [1.54, 1.807) is 12.1 Å². The molecule has 3 aromatic rings. The molecule has 2 aromatic heterocycles. The molecule has 2 bridgehead atoms. The van der Waals surface area contributed by atoms with E-state index >= 15 is 0 Å². The van der Waals surface area contributed by atoms with Crippen molar-refractivity contribution < 1.29 is 9.84 Å². The van der Waals surface area contributed by atoms with Gasteiger partial charge in [0.25, 0.3) is 5.56 Å². The topological polar surface area (TPSA) is 79.9 Å². The van der Waals surface area contributed by atoms with E-state index in [4.69, 9.17) is 4.74 Å². The minimum Gasteiger partial charge on any atom is -0.503 e. The van der Waals surface area contributed by atoms with Crippen molar-refractivity contribution in [1.29, 1.82) is 0 Å². The molecule has 2 fully saturated rings. The van der Waals surface area contributed by atoms with Crippen LogP contribution < -0.4 is 11.0 Å². The largest absolute Gasteiger partial charge is 0.503 e. The molecule has 0 aliphatic carbocycles. The van der Waals surface area contributed by atoms with E-state index in [9.17, 15) is 14.7 Å². The van der Waals surface area contributed by atoms with Crippen molar-refractivity contribution in [3.63, 3.8) is 0 Å². The van der Waals surface area contributed by atoms with Gasteiger partial charge in [0.05, 0.1) is 18.4 Å². The number of aromatic hydroxyl groups is 1. The average Bonchev–Trinajstić information content (AvgIpc) is 2.91.